The molecular formula is C33H30N3O6S5+. The van der Waals surface area contributed by atoms with Crippen LogP contribution in [0.25, 0.3) is 42.5 Å². The van der Waals surface area contributed by atoms with Gasteiger partial charge in [0.05, 0.1) is 34.0 Å². The number of hydrogen-bond acceptors (Lipinski definition) is 8. The van der Waals surface area contributed by atoms with Crippen molar-refractivity contribution in [1.82, 2.24) is 4.57 Å². The summed E-state index contributed by atoms with van der Waals surface area (Å²) in [6, 6.07) is 26.8. The number of benzene rings is 3. The molecule has 0 aliphatic carbocycles. The van der Waals surface area contributed by atoms with Crippen LogP contribution in [0.15, 0.2) is 101 Å². The van der Waals surface area contributed by atoms with E-state index in [-0.39, 0.29) is 24.3 Å². The number of thioether (sulfide) groups is 1. The first-order valence-corrected chi connectivity index (χ1v) is 20.5. The smallest absolute Gasteiger partial charge is 0.265 e. The maximum atomic E-state index is 11.6. The van der Waals surface area contributed by atoms with Crippen LogP contribution in [-0.2, 0) is 26.8 Å². The van der Waals surface area contributed by atoms with Crippen LogP contribution in [0, 0.1) is 0 Å². The fraction of sp³-hybridized carbons (Fsp3) is 0.182. The molecule has 0 saturated carbocycles. The SMILES string of the molecule is O=S(=O)(O)CCCN1C(=Cc2sc3ccc(-n4cccc4)cc3[n+]2CCCS(=O)(=O)O)Sc2ccc(-c3cc4ccccc4s3)cc21. The van der Waals surface area contributed by atoms with Crippen LogP contribution in [0.4, 0.5) is 5.69 Å². The number of anilines is 1. The third kappa shape index (κ3) is 7.18. The Balaban J connectivity index is 1.29. The second-order valence-electron chi connectivity index (χ2n) is 11.2. The van der Waals surface area contributed by atoms with Gasteiger partial charge in [0, 0.05) is 45.9 Å². The summed E-state index contributed by atoms with van der Waals surface area (Å²) in [5, 5.41) is 2.96. The standard InChI is InChI=1S/C33H29N3O6S5/c37-46(38,39)17-5-15-35-26-19-24(31-20-23-7-1-2-8-28(23)43-31)9-11-29(26)44-32(35)22-33-36(16-6-18-47(40,41)42)27-21-25(10-12-30(27)45-33)34-13-3-4-14-34/h1-4,7-14,19-22H,5-6,15-18H2,(H-,37,38,39,40,41,42)/p+1. The molecule has 9 nitrogen and oxygen atoms in total. The van der Waals surface area contributed by atoms with E-state index in [1.165, 1.54) is 10.1 Å². The van der Waals surface area contributed by atoms with Gasteiger partial charge < -0.3 is 9.47 Å². The molecule has 0 spiro atoms. The molecule has 242 valence electrons. The normalized spacial score (nSPS) is 14.5. The summed E-state index contributed by atoms with van der Waals surface area (Å²) in [5.74, 6) is -0.708. The molecule has 1 aliphatic rings. The van der Waals surface area contributed by atoms with Crippen molar-refractivity contribution in [3.05, 3.63) is 101 Å². The Morgan fingerprint density at radius 3 is 2.32 bits per heavy atom. The fourth-order valence-corrected chi connectivity index (χ4v) is 10.1. The molecule has 47 heavy (non-hydrogen) atoms. The Kier molecular flexibility index (Phi) is 8.76. The van der Waals surface area contributed by atoms with Crippen molar-refractivity contribution < 1.29 is 30.5 Å². The number of fused-ring (bicyclic) bond motifs is 3. The molecule has 0 radical (unpaired) electrons. The molecule has 14 heteroatoms. The fourth-order valence-electron chi connectivity index (χ4n) is 5.73. The number of aromatic nitrogens is 2. The van der Waals surface area contributed by atoms with Crippen molar-refractivity contribution in [3.8, 4) is 16.1 Å². The summed E-state index contributed by atoms with van der Waals surface area (Å²) in [5.41, 5.74) is 3.92. The van der Waals surface area contributed by atoms with Crippen molar-refractivity contribution in [2.24, 2.45) is 0 Å². The number of thiazole rings is 1. The number of rotatable bonds is 11. The minimum atomic E-state index is -4.13. The predicted molar refractivity (Wildman–Crippen MR) is 192 cm³/mol. The molecule has 1 aliphatic heterocycles. The number of hydrogen-bond donors (Lipinski definition) is 2. The van der Waals surface area contributed by atoms with Crippen LogP contribution in [-0.4, -0.2) is 48.6 Å². The Morgan fingerprint density at radius 1 is 0.787 bits per heavy atom. The molecule has 3 aromatic heterocycles. The average Bonchev–Trinajstić information content (AvgIpc) is 3.82. The van der Waals surface area contributed by atoms with Crippen LogP contribution in [0.5, 0.6) is 0 Å². The lowest BCUT2D eigenvalue weighted by molar-refractivity contribution is -0.668. The third-order valence-corrected chi connectivity index (χ3v) is 12.9. The number of nitrogens with zero attached hydrogens (tertiary/aromatic N) is 3. The molecule has 0 fully saturated rings. The zero-order chi connectivity index (χ0) is 32.8. The highest BCUT2D eigenvalue weighted by Gasteiger charge is 2.29. The van der Waals surface area contributed by atoms with E-state index >= 15 is 0 Å². The monoisotopic (exact) mass is 724 g/mol. The van der Waals surface area contributed by atoms with E-state index in [1.54, 1.807) is 34.4 Å². The predicted octanol–water partition coefficient (Wildman–Crippen LogP) is 7.33. The molecular weight excluding hydrogens is 695 g/mol. The van der Waals surface area contributed by atoms with E-state index < -0.39 is 20.2 Å². The largest absolute Gasteiger partial charge is 0.335 e. The van der Waals surface area contributed by atoms with E-state index in [4.69, 9.17) is 0 Å². The summed E-state index contributed by atoms with van der Waals surface area (Å²) in [6.07, 6.45) is 6.43. The zero-order valence-electron chi connectivity index (χ0n) is 24.9. The minimum Gasteiger partial charge on any atom is -0.335 e. The van der Waals surface area contributed by atoms with Crippen LogP contribution < -0.4 is 9.47 Å². The Morgan fingerprint density at radius 2 is 1.55 bits per heavy atom. The van der Waals surface area contributed by atoms with Gasteiger partial charge in [-0.2, -0.15) is 21.4 Å². The van der Waals surface area contributed by atoms with Crippen molar-refractivity contribution in [3.63, 3.8) is 0 Å². The second kappa shape index (κ2) is 12.8. The highest BCUT2D eigenvalue weighted by Crippen LogP contribution is 2.49. The maximum absolute atomic E-state index is 11.6. The minimum absolute atomic E-state index is 0.225. The van der Waals surface area contributed by atoms with Crippen molar-refractivity contribution >= 4 is 86.7 Å². The lowest BCUT2D eigenvalue weighted by atomic mass is 10.1. The number of aryl methyl sites for hydroxylation is 1. The van der Waals surface area contributed by atoms with Gasteiger partial charge in [0.2, 0.25) is 5.52 Å². The maximum Gasteiger partial charge on any atom is 0.265 e. The Hall–Kier alpha value is -3.50. The van der Waals surface area contributed by atoms with Gasteiger partial charge in [-0.25, -0.2) is 0 Å². The zero-order valence-corrected chi connectivity index (χ0v) is 29.0. The Bertz CT molecular complexity index is 2330. The third-order valence-electron chi connectivity index (χ3n) is 7.87. The van der Waals surface area contributed by atoms with E-state index in [1.807, 2.05) is 53.4 Å². The topological polar surface area (TPSA) is 121 Å². The molecule has 3 aromatic carbocycles. The summed E-state index contributed by atoms with van der Waals surface area (Å²) in [7, 11) is -8.25. The van der Waals surface area contributed by atoms with E-state index in [2.05, 4.69) is 58.0 Å². The van der Waals surface area contributed by atoms with Gasteiger partial charge in [-0.15, -0.1) is 11.3 Å². The van der Waals surface area contributed by atoms with Gasteiger partial charge in [-0.3, -0.25) is 9.11 Å². The molecule has 0 amide bonds. The molecule has 0 bridgehead atoms. The lowest BCUT2D eigenvalue weighted by Crippen LogP contribution is -2.36. The van der Waals surface area contributed by atoms with Crippen molar-refractivity contribution in [2.75, 3.05) is 23.0 Å². The molecule has 7 rings (SSSR count). The first-order valence-electron chi connectivity index (χ1n) is 14.8. The van der Waals surface area contributed by atoms with Gasteiger partial charge >= 0.3 is 0 Å². The lowest BCUT2D eigenvalue weighted by Gasteiger charge is -2.20. The first kappa shape index (κ1) is 32.1. The van der Waals surface area contributed by atoms with Gasteiger partial charge in [-0.05, 0) is 65.9 Å². The van der Waals surface area contributed by atoms with Crippen LogP contribution in [0.2, 0.25) is 0 Å². The molecule has 4 heterocycles. The van der Waals surface area contributed by atoms with Crippen LogP contribution >= 0.6 is 34.4 Å². The quantitative estimate of drug-likeness (QED) is 0.105. The van der Waals surface area contributed by atoms with Gasteiger partial charge in [0.25, 0.3) is 25.2 Å². The van der Waals surface area contributed by atoms with Crippen molar-refractivity contribution in [1.29, 1.82) is 0 Å². The highest BCUT2D eigenvalue weighted by atomic mass is 32.2. The summed E-state index contributed by atoms with van der Waals surface area (Å²) in [6.45, 7) is 0.734. The molecule has 0 unspecified atom stereocenters. The average molecular weight is 725 g/mol. The summed E-state index contributed by atoms with van der Waals surface area (Å²) in [4.78, 5) is 4.26. The molecule has 6 aromatic rings. The Labute approximate surface area is 284 Å². The van der Waals surface area contributed by atoms with E-state index in [0.29, 0.717) is 13.1 Å². The van der Waals surface area contributed by atoms with Gasteiger partial charge in [-0.1, -0.05) is 47.4 Å². The molecule has 2 N–H and O–H groups in total. The second-order valence-corrected chi connectivity index (χ2v) is 17.5. The molecule has 0 saturated heterocycles. The highest BCUT2D eigenvalue weighted by molar-refractivity contribution is 8.04. The van der Waals surface area contributed by atoms with Crippen molar-refractivity contribution in [2.45, 2.75) is 24.3 Å². The van der Waals surface area contributed by atoms with Crippen LogP contribution in [0.3, 0.4) is 0 Å². The van der Waals surface area contributed by atoms with Crippen LogP contribution in [0.1, 0.15) is 17.8 Å². The van der Waals surface area contributed by atoms with E-state index in [9.17, 15) is 25.9 Å². The summed E-state index contributed by atoms with van der Waals surface area (Å²) < 4.78 is 71.6. The summed E-state index contributed by atoms with van der Waals surface area (Å²) >= 11 is 4.88. The first-order chi connectivity index (χ1) is 22.5. The van der Waals surface area contributed by atoms with Gasteiger partial charge in [0.15, 0.2) is 6.54 Å². The molecule has 0 atom stereocenters. The van der Waals surface area contributed by atoms with Gasteiger partial charge in [0.1, 0.15) is 4.70 Å². The number of thiophene rings is 1. The van der Waals surface area contributed by atoms with E-state index in [0.717, 1.165) is 47.0 Å².